The molecule has 1 spiro atoms. The average molecular weight is 366 g/mol. The molecule has 1 unspecified atom stereocenters. The molecule has 0 aromatic heterocycles. The number of carbonyl (C=O) groups excluding carboxylic acids is 1. The second-order valence-electron chi connectivity index (χ2n) is 7.13. The number of nitriles is 1. The van der Waals surface area contributed by atoms with Gasteiger partial charge in [-0.15, -0.1) is 0 Å². The van der Waals surface area contributed by atoms with Crippen molar-refractivity contribution in [2.24, 2.45) is 5.41 Å². The Morgan fingerprint density at radius 3 is 2.74 bits per heavy atom. The zero-order valence-electron chi connectivity index (χ0n) is 14.8. The Morgan fingerprint density at radius 1 is 1.22 bits per heavy atom. The zero-order chi connectivity index (χ0) is 18.9. The van der Waals surface area contributed by atoms with Crippen LogP contribution in [0.5, 0.6) is 11.5 Å². The highest BCUT2D eigenvalue weighted by Gasteiger charge is 2.42. The van der Waals surface area contributed by atoms with E-state index in [1.165, 1.54) is 18.2 Å². The van der Waals surface area contributed by atoms with Crippen LogP contribution in [0, 0.1) is 22.6 Å². The third kappa shape index (κ3) is 3.38. The zero-order valence-corrected chi connectivity index (χ0v) is 14.8. The summed E-state index contributed by atoms with van der Waals surface area (Å²) in [4.78, 5) is 14.6. The number of halogens is 1. The molecule has 27 heavy (non-hydrogen) atoms. The number of likely N-dealkylation sites (tertiary alicyclic amines) is 1. The third-order valence-electron chi connectivity index (χ3n) is 5.33. The molecule has 2 aliphatic rings. The Bertz CT molecular complexity index is 899. The van der Waals surface area contributed by atoms with Crippen LogP contribution in [0.25, 0.3) is 0 Å². The number of rotatable bonds is 3. The average Bonchev–Trinajstić information content (AvgIpc) is 3.32. The van der Waals surface area contributed by atoms with E-state index in [2.05, 4.69) is 0 Å². The van der Waals surface area contributed by atoms with Crippen LogP contribution in [-0.2, 0) is 4.74 Å². The van der Waals surface area contributed by atoms with Crippen LogP contribution in [-0.4, -0.2) is 37.1 Å². The highest BCUT2D eigenvalue weighted by molar-refractivity contribution is 5.94. The van der Waals surface area contributed by atoms with Gasteiger partial charge in [-0.25, -0.2) is 4.39 Å². The van der Waals surface area contributed by atoms with Crippen molar-refractivity contribution in [2.75, 3.05) is 26.3 Å². The molecule has 1 amide bonds. The Labute approximate surface area is 156 Å². The van der Waals surface area contributed by atoms with Crippen LogP contribution in [0.1, 0.15) is 28.8 Å². The van der Waals surface area contributed by atoms with Gasteiger partial charge in [0.25, 0.3) is 5.91 Å². The largest absolute Gasteiger partial charge is 0.456 e. The summed E-state index contributed by atoms with van der Waals surface area (Å²) in [5.74, 6) is -0.0375. The SMILES string of the molecule is N#Cc1c(F)cccc1Oc1ccc(C(=O)N2CCC3(CCOC3)C2)cc1. The van der Waals surface area contributed by atoms with E-state index in [4.69, 9.17) is 14.7 Å². The molecule has 0 N–H and O–H groups in total. The minimum Gasteiger partial charge on any atom is -0.456 e. The van der Waals surface area contributed by atoms with E-state index in [0.717, 1.165) is 39.1 Å². The Hall–Kier alpha value is -2.91. The summed E-state index contributed by atoms with van der Waals surface area (Å²) in [5.41, 5.74) is 0.570. The minimum absolute atomic E-state index is 0.00575. The molecule has 4 rings (SSSR count). The van der Waals surface area contributed by atoms with Crippen LogP contribution in [0.15, 0.2) is 42.5 Å². The van der Waals surface area contributed by atoms with Gasteiger partial charge >= 0.3 is 0 Å². The molecule has 0 radical (unpaired) electrons. The fraction of sp³-hybridized carbons (Fsp3) is 0.333. The summed E-state index contributed by atoms with van der Waals surface area (Å²) in [5, 5.41) is 9.07. The van der Waals surface area contributed by atoms with Crippen LogP contribution in [0.3, 0.4) is 0 Å². The number of amides is 1. The van der Waals surface area contributed by atoms with Crippen LogP contribution < -0.4 is 4.74 Å². The fourth-order valence-electron chi connectivity index (χ4n) is 3.75. The van der Waals surface area contributed by atoms with Gasteiger partial charge in [0.05, 0.1) is 6.61 Å². The van der Waals surface area contributed by atoms with Crippen LogP contribution in [0.2, 0.25) is 0 Å². The predicted molar refractivity (Wildman–Crippen MR) is 96.0 cm³/mol. The van der Waals surface area contributed by atoms with E-state index in [0.29, 0.717) is 11.3 Å². The van der Waals surface area contributed by atoms with Gasteiger partial charge in [0, 0.05) is 30.7 Å². The minimum atomic E-state index is -0.624. The topological polar surface area (TPSA) is 62.6 Å². The van der Waals surface area contributed by atoms with E-state index in [9.17, 15) is 9.18 Å². The maximum atomic E-state index is 13.7. The van der Waals surface area contributed by atoms with Crippen molar-refractivity contribution in [1.82, 2.24) is 4.90 Å². The molecular formula is C21H19FN2O3. The normalized spacial score (nSPS) is 21.4. The van der Waals surface area contributed by atoms with Crippen LogP contribution >= 0.6 is 0 Å². The van der Waals surface area contributed by atoms with Gasteiger partial charge in [0.15, 0.2) is 0 Å². The number of hydrogen-bond acceptors (Lipinski definition) is 4. The van der Waals surface area contributed by atoms with Gasteiger partial charge in [-0.05, 0) is 49.2 Å². The number of nitrogens with zero attached hydrogens (tertiary/aromatic N) is 2. The maximum absolute atomic E-state index is 13.7. The molecule has 5 nitrogen and oxygen atoms in total. The summed E-state index contributed by atoms with van der Waals surface area (Å²) < 4.78 is 24.8. The lowest BCUT2D eigenvalue weighted by molar-refractivity contribution is 0.0765. The molecule has 0 aliphatic carbocycles. The van der Waals surface area contributed by atoms with E-state index < -0.39 is 5.82 Å². The maximum Gasteiger partial charge on any atom is 0.253 e. The first-order valence-corrected chi connectivity index (χ1v) is 8.94. The summed E-state index contributed by atoms with van der Waals surface area (Å²) in [6.45, 7) is 2.99. The van der Waals surface area contributed by atoms with E-state index in [1.807, 2.05) is 4.90 Å². The number of benzene rings is 2. The van der Waals surface area contributed by atoms with E-state index in [-0.39, 0.29) is 22.6 Å². The monoisotopic (exact) mass is 366 g/mol. The van der Waals surface area contributed by atoms with Gasteiger partial charge < -0.3 is 14.4 Å². The standard InChI is InChI=1S/C21H19FN2O3/c22-18-2-1-3-19(17(18)12-23)27-16-6-4-15(5-7-16)20(25)24-10-8-21(13-24)9-11-26-14-21/h1-7H,8-11,13-14H2. The molecule has 0 bridgehead atoms. The quantitative estimate of drug-likeness (QED) is 0.830. The molecule has 2 heterocycles. The van der Waals surface area contributed by atoms with Crippen molar-refractivity contribution in [3.8, 4) is 17.6 Å². The smallest absolute Gasteiger partial charge is 0.253 e. The molecule has 2 aromatic rings. The van der Waals surface area contributed by atoms with E-state index in [1.54, 1.807) is 30.3 Å². The molecule has 2 aliphatic heterocycles. The number of hydrogen-bond donors (Lipinski definition) is 0. The Morgan fingerprint density at radius 2 is 2.04 bits per heavy atom. The van der Waals surface area contributed by atoms with Crippen molar-refractivity contribution in [2.45, 2.75) is 12.8 Å². The van der Waals surface area contributed by atoms with Gasteiger partial charge in [0.1, 0.15) is 28.9 Å². The third-order valence-corrected chi connectivity index (χ3v) is 5.33. The lowest BCUT2D eigenvalue weighted by Crippen LogP contribution is -2.32. The first kappa shape index (κ1) is 17.5. The lowest BCUT2D eigenvalue weighted by atomic mass is 9.87. The van der Waals surface area contributed by atoms with Crippen molar-refractivity contribution < 1.29 is 18.7 Å². The highest BCUT2D eigenvalue weighted by Crippen LogP contribution is 2.38. The highest BCUT2D eigenvalue weighted by atomic mass is 19.1. The van der Waals surface area contributed by atoms with Gasteiger partial charge in [-0.1, -0.05) is 6.07 Å². The molecule has 0 saturated carbocycles. The first-order valence-electron chi connectivity index (χ1n) is 8.94. The molecule has 138 valence electrons. The molecule has 2 aromatic carbocycles. The molecule has 2 fully saturated rings. The van der Waals surface area contributed by atoms with Crippen molar-refractivity contribution in [3.05, 3.63) is 59.4 Å². The summed E-state index contributed by atoms with van der Waals surface area (Å²) >= 11 is 0. The van der Waals surface area contributed by atoms with Gasteiger partial charge in [0.2, 0.25) is 0 Å². The van der Waals surface area contributed by atoms with E-state index >= 15 is 0 Å². The lowest BCUT2D eigenvalue weighted by Gasteiger charge is -2.22. The first-order chi connectivity index (χ1) is 13.1. The molecule has 2 saturated heterocycles. The Kier molecular flexibility index (Phi) is 4.54. The van der Waals surface area contributed by atoms with Gasteiger partial charge in [-0.3, -0.25) is 4.79 Å². The second-order valence-corrected chi connectivity index (χ2v) is 7.13. The predicted octanol–water partition coefficient (Wildman–Crippen LogP) is 3.74. The summed E-state index contributed by atoms with van der Waals surface area (Å²) in [6, 6.07) is 12.7. The Balaban J connectivity index is 1.46. The number of carbonyl (C=O) groups is 1. The van der Waals surface area contributed by atoms with Gasteiger partial charge in [-0.2, -0.15) is 5.26 Å². The van der Waals surface area contributed by atoms with Crippen LogP contribution in [0.4, 0.5) is 4.39 Å². The molecular weight excluding hydrogens is 347 g/mol. The summed E-state index contributed by atoms with van der Waals surface area (Å²) in [6.07, 6.45) is 1.99. The second kappa shape index (κ2) is 7.01. The van der Waals surface area contributed by atoms with Crippen molar-refractivity contribution in [3.63, 3.8) is 0 Å². The molecule has 6 heteroatoms. The number of ether oxygens (including phenoxy) is 2. The van der Waals surface area contributed by atoms with Crippen molar-refractivity contribution >= 4 is 5.91 Å². The molecule has 1 atom stereocenters. The van der Waals surface area contributed by atoms with Crippen molar-refractivity contribution in [1.29, 1.82) is 5.26 Å². The fourth-order valence-corrected chi connectivity index (χ4v) is 3.75. The summed E-state index contributed by atoms with van der Waals surface area (Å²) in [7, 11) is 0.